The Labute approximate surface area is 113 Å². The van der Waals surface area contributed by atoms with Crippen molar-refractivity contribution >= 4 is 11.7 Å². The number of carboxylic acid groups (broad SMARTS) is 1. The summed E-state index contributed by atoms with van der Waals surface area (Å²) in [7, 11) is 0. The maximum Gasteiger partial charge on any atom is 0.338 e. The van der Waals surface area contributed by atoms with E-state index in [1.54, 1.807) is 11.1 Å². The molecule has 0 saturated heterocycles. The molecular formula is C13H11F2N3O2. The molecule has 7 heteroatoms. The van der Waals surface area contributed by atoms with Gasteiger partial charge in [0.1, 0.15) is 5.82 Å². The summed E-state index contributed by atoms with van der Waals surface area (Å²) in [6.07, 6.45) is 3.49. The van der Waals surface area contributed by atoms with Crippen molar-refractivity contribution in [1.29, 1.82) is 0 Å². The average molecular weight is 279 g/mol. The van der Waals surface area contributed by atoms with Gasteiger partial charge in [-0.15, -0.1) is 0 Å². The molecule has 0 bridgehead atoms. The van der Waals surface area contributed by atoms with Crippen LogP contribution in [0.15, 0.2) is 24.5 Å². The van der Waals surface area contributed by atoms with E-state index in [1.165, 1.54) is 6.07 Å². The Morgan fingerprint density at radius 2 is 2.05 bits per heavy atom. The topological polar surface area (TPSA) is 58.4 Å². The zero-order valence-electron chi connectivity index (χ0n) is 10.4. The van der Waals surface area contributed by atoms with Gasteiger partial charge in [0.15, 0.2) is 11.6 Å². The summed E-state index contributed by atoms with van der Waals surface area (Å²) in [6.45, 7) is 1.49. The number of carbonyl (C=O) groups is 1. The maximum atomic E-state index is 14.0. The summed E-state index contributed by atoms with van der Waals surface area (Å²) in [6, 6.07) is 2.37. The molecule has 1 aliphatic rings. The van der Waals surface area contributed by atoms with Crippen molar-refractivity contribution in [3.05, 3.63) is 47.5 Å². The van der Waals surface area contributed by atoms with Gasteiger partial charge in [-0.3, -0.25) is 0 Å². The highest BCUT2D eigenvalue weighted by molar-refractivity contribution is 5.88. The number of fused-ring (bicyclic) bond motifs is 1. The van der Waals surface area contributed by atoms with E-state index in [2.05, 4.69) is 4.98 Å². The highest BCUT2D eigenvalue weighted by Gasteiger charge is 2.24. The van der Waals surface area contributed by atoms with E-state index in [9.17, 15) is 13.6 Å². The summed E-state index contributed by atoms with van der Waals surface area (Å²) in [4.78, 5) is 16.5. The lowest BCUT2D eigenvalue weighted by molar-refractivity contribution is 0.0690. The minimum absolute atomic E-state index is 0.0572. The zero-order chi connectivity index (χ0) is 14.3. The molecule has 0 fully saturated rings. The first-order valence-corrected chi connectivity index (χ1v) is 6.04. The first-order chi connectivity index (χ1) is 9.58. The summed E-state index contributed by atoms with van der Waals surface area (Å²) in [5, 5.41) is 8.76. The first-order valence-electron chi connectivity index (χ1n) is 6.04. The number of aromatic nitrogens is 2. The van der Waals surface area contributed by atoms with E-state index in [-0.39, 0.29) is 5.69 Å². The maximum absolute atomic E-state index is 14.0. The summed E-state index contributed by atoms with van der Waals surface area (Å²) < 4.78 is 29.6. The fraction of sp³-hybridized carbons (Fsp3) is 0.231. The first kappa shape index (κ1) is 12.6. The van der Waals surface area contributed by atoms with Crippen LogP contribution in [0.3, 0.4) is 0 Å². The van der Waals surface area contributed by atoms with Crippen LogP contribution < -0.4 is 4.90 Å². The summed E-state index contributed by atoms with van der Waals surface area (Å²) in [5.41, 5.74) is -0.605. The molecule has 0 saturated carbocycles. The molecule has 2 heterocycles. The van der Waals surface area contributed by atoms with E-state index < -0.39 is 23.2 Å². The number of halogens is 2. The molecule has 1 aliphatic heterocycles. The average Bonchev–Trinajstić information content (AvgIpc) is 2.88. The van der Waals surface area contributed by atoms with Crippen molar-refractivity contribution < 1.29 is 18.7 Å². The second-order valence-electron chi connectivity index (χ2n) is 4.52. The lowest BCUT2D eigenvalue weighted by atomic mass is 10.1. The molecule has 1 N–H and O–H groups in total. The number of rotatable bonds is 2. The van der Waals surface area contributed by atoms with Gasteiger partial charge in [-0.1, -0.05) is 0 Å². The van der Waals surface area contributed by atoms with Crippen molar-refractivity contribution in [2.45, 2.75) is 13.1 Å². The molecule has 0 aliphatic carbocycles. The van der Waals surface area contributed by atoms with Crippen LogP contribution >= 0.6 is 0 Å². The van der Waals surface area contributed by atoms with Gasteiger partial charge >= 0.3 is 5.97 Å². The fourth-order valence-electron chi connectivity index (χ4n) is 2.33. The van der Waals surface area contributed by atoms with Crippen LogP contribution in [0.25, 0.3) is 0 Å². The Morgan fingerprint density at radius 3 is 2.80 bits per heavy atom. The zero-order valence-corrected chi connectivity index (χ0v) is 10.4. The van der Waals surface area contributed by atoms with E-state index in [1.807, 2.05) is 10.8 Å². The van der Waals surface area contributed by atoms with Crippen molar-refractivity contribution in [1.82, 2.24) is 9.55 Å². The van der Waals surface area contributed by atoms with Gasteiger partial charge in [-0.25, -0.2) is 18.6 Å². The molecule has 0 amide bonds. The van der Waals surface area contributed by atoms with E-state index >= 15 is 0 Å². The second kappa shape index (κ2) is 4.59. The van der Waals surface area contributed by atoms with E-state index in [0.717, 1.165) is 11.9 Å². The minimum Gasteiger partial charge on any atom is -0.478 e. The van der Waals surface area contributed by atoms with Gasteiger partial charge in [0.2, 0.25) is 0 Å². The molecule has 1 aromatic carbocycles. The Bertz CT molecular complexity index is 684. The highest BCUT2D eigenvalue weighted by Crippen LogP contribution is 2.27. The second-order valence-corrected chi connectivity index (χ2v) is 4.52. The predicted molar refractivity (Wildman–Crippen MR) is 66.6 cm³/mol. The minimum atomic E-state index is -1.48. The predicted octanol–water partition coefficient (Wildman–Crippen LogP) is 1.88. The van der Waals surface area contributed by atoms with Crippen molar-refractivity contribution in [2.75, 3.05) is 11.4 Å². The normalized spacial score (nSPS) is 14.2. The number of hydrogen-bond acceptors (Lipinski definition) is 3. The van der Waals surface area contributed by atoms with Crippen LogP contribution in [0.4, 0.5) is 14.5 Å². The van der Waals surface area contributed by atoms with Gasteiger partial charge in [-0.2, -0.15) is 0 Å². The van der Waals surface area contributed by atoms with Gasteiger partial charge in [0.25, 0.3) is 0 Å². The van der Waals surface area contributed by atoms with Gasteiger partial charge in [0.05, 0.1) is 17.8 Å². The van der Waals surface area contributed by atoms with Crippen LogP contribution in [0.2, 0.25) is 0 Å². The molecule has 0 radical (unpaired) electrons. The number of aromatic carboxylic acids is 1. The molecule has 5 nitrogen and oxygen atoms in total. The number of benzene rings is 1. The van der Waals surface area contributed by atoms with E-state index in [0.29, 0.717) is 19.6 Å². The number of carboxylic acids is 1. The van der Waals surface area contributed by atoms with Crippen LogP contribution in [0.1, 0.15) is 16.2 Å². The Balaban J connectivity index is 1.96. The quantitative estimate of drug-likeness (QED) is 0.912. The molecule has 20 heavy (non-hydrogen) atoms. The number of nitrogens with zero attached hydrogens (tertiary/aromatic N) is 3. The molecule has 2 aromatic rings. The van der Waals surface area contributed by atoms with Crippen LogP contribution in [-0.4, -0.2) is 27.2 Å². The van der Waals surface area contributed by atoms with Crippen molar-refractivity contribution in [3.8, 4) is 0 Å². The Morgan fingerprint density at radius 1 is 1.25 bits per heavy atom. The smallest absolute Gasteiger partial charge is 0.338 e. The third-order valence-electron chi connectivity index (χ3n) is 3.38. The molecule has 0 spiro atoms. The van der Waals surface area contributed by atoms with Crippen LogP contribution in [0.5, 0.6) is 0 Å². The monoisotopic (exact) mass is 279 g/mol. The molecule has 104 valence electrons. The third kappa shape index (κ3) is 1.91. The lowest BCUT2D eigenvalue weighted by Gasteiger charge is -2.30. The Kier molecular flexibility index (Phi) is 2.89. The van der Waals surface area contributed by atoms with E-state index in [4.69, 9.17) is 5.11 Å². The van der Waals surface area contributed by atoms with Crippen LogP contribution in [0, 0.1) is 11.6 Å². The third-order valence-corrected chi connectivity index (χ3v) is 3.38. The molecule has 1 aromatic heterocycles. The van der Waals surface area contributed by atoms with Crippen molar-refractivity contribution in [2.24, 2.45) is 0 Å². The summed E-state index contributed by atoms with van der Waals surface area (Å²) in [5.74, 6) is -3.19. The SMILES string of the molecule is O=C(O)c1ccc(N2CCn3ccnc3C2)c(F)c1F. The van der Waals surface area contributed by atoms with Gasteiger partial charge < -0.3 is 14.6 Å². The Hall–Kier alpha value is -2.44. The number of anilines is 1. The summed E-state index contributed by atoms with van der Waals surface area (Å²) >= 11 is 0. The number of imidazole rings is 1. The number of hydrogen-bond donors (Lipinski definition) is 1. The van der Waals surface area contributed by atoms with Gasteiger partial charge in [-0.05, 0) is 12.1 Å². The molecule has 0 atom stereocenters. The fourth-order valence-corrected chi connectivity index (χ4v) is 2.33. The molecule has 3 rings (SSSR count). The lowest BCUT2D eigenvalue weighted by Crippen LogP contribution is -2.34. The molecule has 0 unspecified atom stereocenters. The van der Waals surface area contributed by atoms with Crippen LogP contribution in [-0.2, 0) is 13.1 Å². The van der Waals surface area contributed by atoms with Gasteiger partial charge in [0, 0.05) is 25.5 Å². The largest absolute Gasteiger partial charge is 0.478 e. The highest BCUT2D eigenvalue weighted by atomic mass is 19.2. The standard InChI is InChI=1S/C13H11F2N3O2/c14-11-8(13(19)20)1-2-9(12(11)15)18-6-5-17-4-3-16-10(17)7-18/h1-4H,5-7H2,(H,19,20). The van der Waals surface area contributed by atoms with Crippen molar-refractivity contribution in [3.63, 3.8) is 0 Å². The molecular weight excluding hydrogens is 268 g/mol.